The Morgan fingerprint density at radius 1 is 1.27 bits per heavy atom. The zero-order chi connectivity index (χ0) is 18.3. The summed E-state index contributed by atoms with van der Waals surface area (Å²) in [4.78, 5) is 31.1. The minimum absolute atomic E-state index is 0.0233. The number of amides is 2. The Morgan fingerprint density at radius 3 is 2.58 bits per heavy atom. The number of hydrogen-bond acceptors (Lipinski definition) is 7. The van der Waals surface area contributed by atoms with Gasteiger partial charge in [0.25, 0.3) is 11.8 Å². The SMILES string of the molecule is CN(C)C[C@@]12CN(C(=O)c3ccoc3)C[C@@H]1CN(C(=O)c1cnon1)C2. The molecule has 2 aliphatic rings. The van der Waals surface area contributed by atoms with Crippen LogP contribution in [0.4, 0.5) is 0 Å². The largest absolute Gasteiger partial charge is 0.472 e. The van der Waals surface area contributed by atoms with Crippen molar-refractivity contribution in [2.45, 2.75) is 0 Å². The minimum atomic E-state index is -0.175. The second-order valence-electron chi connectivity index (χ2n) is 7.47. The van der Waals surface area contributed by atoms with Crippen molar-refractivity contribution >= 4 is 11.8 Å². The van der Waals surface area contributed by atoms with Crippen molar-refractivity contribution in [1.29, 1.82) is 0 Å². The van der Waals surface area contributed by atoms with Crippen LogP contribution in [0.5, 0.6) is 0 Å². The predicted molar refractivity (Wildman–Crippen MR) is 89.3 cm³/mol. The van der Waals surface area contributed by atoms with Gasteiger partial charge in [-0.25, -0.2) is 4.63 Å². The van der Waals surface area contributed by atoms with E-state index >= 15 is 0 Å². The maximum absolute atomic E-state index is 12.7. The lowest BCUT2D eigenvalue weighted by atomic mass is 9.80. The van der Waals surface area contributed by atoms with Gasteiger partial charge in [-0.1, -0.05) is 5.16 Å². The molecular weight excluding hydrogens is 338 g/mol. The molecule has 2 atom stereocenters. The number of furan rings is 1. The normalized spacial score (nSPS) is 25.1. The van der Waals surface area contributed by atoms with Crippen LogP contribution in [0.3, 0.4) is 0 Å². The van der Waals surface area contributed by atoms with Gasteiger partial charge in [-0.3, -0.25) is 9.59 Å². The number of likely N-dealkylation sites (tertiary alicyclic amines) is 2. The maximum Gasteiger partial charge on any atom is 0.277 e. The zero-order valence-corrected chi connectivity index (χ0v) is 14.8. The zero-order valence-electron chi connectivity index (χ0n) is 14.8. The third kappa shape index (κ3) is 2.78. The molecule has 0 saturated carbocycles. The number of hydrogen-bond donors (Lipinski definition) is 0. The van der Waals surface area contributed by atoms with Gasteiger partial charge in [-0.2, -0.15) is 0 Å². The van der Waals surface area contributed by atoms with Gasteiger partial charge in [0.1, 0.15) is 12.5 Å². The Labute approximate surface area is 150 Å². The van der Waals surface area contributed by atoms with Gasteiger partial charge >= 0.3 is 0 Å². The first-order chi connectivity index (χ1) is 12.5. The topological polar surface area (TPSA) is 95.9 Å². The molecule has 26 heavy (non-hydrogen) atoms. The van der Waals surface area contributed by atoms with E-state index in [0.717, 1.165) is 6.54 Å². The molecule has 138 valence electrons. The van der Waals surface area contributed by atoms with E-state index in [1.165, 1.54) is 18.7 Å². The summed E-state index contributed by atoms with van der Waals surface area (Å²) in [6.07, 6.45) is 4.32. The number of carbonyl (C=O) groups excluding carboxylic acids is 2. The number of rotatable bonds is 4. The molecule has 0 unspecified atom stereocenters. The van der Waals surface area contributed by atoms with E-state index in [1.54, 1.807) is 11.0 Å². The molecule has 4 rings (SSSR count). The van der Waals surface area contributed by atoms with Gasteiger partial charge in [0.15, 0.2) is 5.69 Å². The summed E-state index contributed by atoms with van der Waals surface area (Å²) in [5, 5.41) is 7.17. The molecule has 2 amide bonds. The molecule has 2 saturated heterocycles. The maximum atomic E-state index is 12.7. The molecule has 2 aromatic heterocycles. The van der Waals surface area contributed by atoms with Crippen LogP contribution >= 0.6 is 0 Å². The molecule has 0 bridgehead atoms. The van der Waals surface area contributed by atoms with E-state index in [2.05, 4.69) is 19.8 Å². The van der Waals surface area contributed by atoms with E-state index in [0.29, 0.717) is 31.7 Å². The van der Waals surface area contributed by atoms with E-state index in [4.69, 9.17) is 4.42 Å². The highest BCUT2D eigenvalue weighted by Crippen LogP contribution is 2.43. The molecule has 2 aliphatic heterocycles. The molecule has 0 spiro atoms. The highest BCUT2D eigenvalue weighted by molar-refractivity contribution is 5.94. The Bertz CT molecular complexity index is 728. The van der Waals surface area contributed by atoms with Gasteiger partial charge in [-0.15, -0.1) is 0 Å². The van der Waals surface area contributed by atoms with Crippen LogP contribution < -0.4 is 0 Å². The van der Waals surface area contributed by atoms with Gasteiger partial charge in [0.05, 0.1) is 11.8 Å². The monoisotopic (exact) mass is 359 g/mol. The van der Waals surface area contributed by atoms with Crippen LogP contribution in [0, 0.1) is 11.3 Å². The lowest BCUT2D eigenvalue weighted by molar-refractivity contribution is 0.0695. The molecule has 2 aromatic rings. The molecule has 0 aliphatic carbocycles. The fourth-order valence-electron chi connectivity index (χ4n) is 4.33. The summed E-state index contributed by atoms with van der Waals surface area (Å²) in [5.41, 5.74) is 0.623. The standard InChI is InChI=1S/C17H21N5O4/c1-20(2)9-17-10-21(15(23)12-3-4-25-8-12)6-13(17)7-22(11-17)16(24)14-5-18-26-19-14/h3-5,8,13H,6-7,9-11H2,1-2H3/t13-,17+/m1/s1. The van der Waals surface area contributed by atoms with E-state index in [1.807, 2.05) is 19.0 Å². The summed E-state index contributed by atoms with van der Waals surface area (Å²) in [6.45, 7) is 3.21. The van der Waals surface area contributed by atoms with Crippen molar-refractivity contribution in [1.82, 2.24) is 25.0 Å². The van der Waals surface area contributed by atoms with E-state index in [-0.39, 0.29) is 28.8 Å². The second kappa shape index (κ2) is 6.24. The first-order valence-corrected chi connectivity index (χ1v) is 8.51. The summed E-state index contributed by atoms with van der Waals surface area (Å²) in [7, 11) is 4.02. The molecule has 0 radical (unpaired) electrons. The second-order valence-corrected chi connectivity index (χ2v) is 7.47. The average Bonchev–Trinajstić information content (AvgIpc) is 3.35. The summed E-state index contributed by atoms with van der Waals surface area (Å²) < 4.78 is 9.59. The van der Waals surface area contributed by atoms with Crippen LogP contribution in [0.2, 0.25) is 0 Å². The first kappa shape index (κ1) is 16.8. The molecule has 2 fully saturated rings. The van der Waals surface area contributed by atoms with Crippen molar-refractivity contribution < 1.29 is 18.6 Å². The fourth-order valence-corrected chi connectivity index (χ4v) is 4.33. The van der Waals surface area contributed by atoms with Gasteiger partial charge in [0.2, 0.25) is 0 Å². The van der Waals surface area contributed by atoms with Crippen LogP contribution in [0.15, 0.2) is 33.8 Å². The molecule has 9 nitrogen and oxygen atoms in total. The molecule has 4 heterocycles. The number of fused-ring (bicyclic) bond motifs is 1. The van der Waals surface area contributed by atoms with Crippen molar-refractivity contribution in [2.24, 2.45) is 11.3 Å². The Kier molecular flexibility index (Phi) is 4.03. The third-order valence-corrected chi connectivity index (χ3v) is 5.31. The molecule has 0 N–H and O–H groups in total. The quantitative estimate of drug-likeness (QED) is 0.781. The lowest BCUT2D eigenvalue weighted by Gasteiger charge is -2.31. The Hall–Kier alpha value is -2.68. The van der Waals surface area contributed by atoms with Gasteiger partial charge in [-0.05, 0) is 25.3 Å². The van der Waals surface area contributed by atoms with E-state index in [9.17, 15) is 9.59 Å². The molecule has 0 aromatic carbocycles. The van der Waals surface area contributed by atoms with Gasteiger partial charge in [0, 0.05) is 44.1 Å². The first-order valence-electron chi connectivity index (χ1n) is 8.51. The van der Waals surface area contributed by atoms with Gasteiger partial charge < -0.3 is 19.1 Å². The number of nitrogens with zero attached hydrogens (tertiary/aromatic N) is 5. The van der Waals surface area contributed by atoms with Crippen LogP contribution in [0.1, 0.15) is 20.8 Å². The average molecular weight is 359 g/mol. The van der Waals surface area contributed by atoms with E-state index < -0.39 is 0 Å². The smallest absolute Gasteiger partial charge is 0.277 e. The molecule has 9 heteroatoms. The fraction of sp³-hybridized carbons (Fsp3) is 0.529. The molecular formula is C17H21N5O4. The lowest BCUT2D eigenvalue weighted by Crippen LogP contribution is -2.43. The van der Waals surface area contributed by atoms with Crippen LogP contribution in [-0.4, -0.2) is 83.6 Å². The van der Waals surface area contributed by atoms with Crippen LogP contribution in [0.25, 0.3) is 0 Å². The van der Waals surface area contributed by atoms with Crippen LogP contribution in [-0.2, 0) is 0 Å². The summed E-state index contributed by atoms with van der Waals surface area (Å²) in [6, 6.07) is 1.68. The van der Waals surface area contributed by atoms with Crippen molar-refractivity contribution in [3.05, 3.63) is 36.0 Å². The minimum Gasteiger partial charge on any atom is -0.472 e. The summed E-state index contributed by atoms with van der Waals surface area (Å²) >= 11 is 0. The van der Waals surface area contributed by atoms with Crippen molar-refractivity contribution in [3.63, 3.8) is 0 Å². The van der Waals surface area contributed by atoms with Crippen molar-refractivity contribution in [3.8, 4) is 0 Å². The number of aromatic nitrogens is 2. The summed E-state index contributed by atoms with van der Waals surface area (Å²) in [5.74, 6) is 0.0147. The predicted octanol–water partition coefficient (Wildman–Crippen LogP) is 0.439. The number of carbonyl (C=O) groups is 2. The van der Waals surface area contributed by atoms with Crippen molar-refractivity contribution in [2.75, 3.05) is 46.8 Å². The highest BCUT2D eigenvalue weighted by atomic mass is 16.6. The Balaban J connectivity index is 1.54. The third-order valence-electron chi connectivity index (χ3n) is 5.31. The highest BCUT2D eigenvalue weighted by Gasteiger charge is 2.54. The Morgan fingerprint density at radius 2 is 2.00 bits per heavy atom.